The quantitative estimate of drug-likeness (QED) is 0.159. The number of anilines is 2. The van der Waals surface area contributed by atoms with Crippen molar-refractivity contribution in [3.8, 4) is 22.5 Å². The van der Waals surface area contributed by atoms with Gasteiger partial charge in [-0.3, -0.25) is 14.3 Å². The molecule has 7 rings (SSSR count). The van der Waals surface area contributed by atoms with E-state index in [1.54, 1.807) is 35.1 Å². The van der Waals surface area contributed by atoms with E-state index in [0.717, 1.165) is 73.1 Å². The summed E-state index contributed by atoms with van der Waals surface area (Å²) < 4.78 is 17.2. The average molecular weight is 637 g/mol. The van der Waals surface area contributed by atoms with Crippen LogP contribution in [0, 0.1) is 31.6 Å². The maximum Gasteiger partial charge on any atom is 0.251 e. The fourth-order valence-corrected chi connectivity index (χ4v) is 6.77. The number of piperidine rings is 1. The molecule has 2 aliphatic rings. The summed E-state index contributed by atoms with van der Waals surface area (Å²) in [6, 6.07) is 9.26. The van der Waals surface area contributed by atoms with Gasteiger partial charge in [0.2, 0.25) is 5.95 Å². The van der Waals surface area contributed by atoms with E-state index in [9.17, 15) is 4.79 Å². The Morgan fingerprint density at radius 2 is 1.91 bits per heavy atom. The van der Waals surface area contributed by atoms with Crippen LogP contribution >= 0.6 is 0 Å². The Bertz CT molecular complexity index is 1880. The lowest BCUT2D eigenvalue weighted by atomic mass is 9.94. The first kappa shape index (κ1) is 30.9. The average Bonchev–Trinajstić information content (AvgIpc) is 3.64. The van der Waals surface area contributed by atoms with Gasteiger partial charge in [-0.05, 0) is 93.9 Å². The molecule has 47 heavy (non-hydrogen) atoms. The van der Waals surface area contributed by atoms with Gasteiger partial charge in [0.15, 0.2) is 11.5 Å². The molecule has 0 radical (unpaired) electrons. The molecule has 2 aliphatic heterocycles. The van der Waals surface area contributed by atoms with Crippen molar-refractivity contribution >= 4 is 23.1 Å². The summed E-state index contributed by atoms with van der Waals surface area (Å²) in [5.41, 5.74) is 6.79. The maximum absolute atomic E-state index is 15.4. The molecular formula is C35H41FN10O. The smallest absolute Gasteiger partial charge is 0.251 e. The number of pyridine rings is 1. The minimum atomic E-state index is -0.593. The normalized spacial score (nSPS) is 16.0. The highest BCUT2D eigenvalue weighted by molar-refractivity contribution is 5.96. The topological polar surface area (TPSA) is 128 Å². The van der Waals surface area contributed by atoms with Crippen LogP contribution < -0.4 is 16.0 Å². The summed E-state index contributed by atoms with van der Waals surface area (Å²) >= 11 is 0. The number of carbonyl (C=O) groups is 1. The molecule has 4 N–H and O–H groups in total. The van der Waals surface area contributed by atoms with Crippen LogP contribution in [-0.2, 0) is 6.42 Å². The number of rotatable bonds is 10. The van der Waals surface area contributed by atoms with Gasteiger partial charge in [0.1, 0.15) is 0 Å². The number of imidazole rings is 1. The second-order valence-electron chi connectivity index (χ2n) is 12.8. The van der Waals surface area contributed by atoms with Crippen LogP contribution in [0.1, 0.15) is 47.1 Å². The standard InChI is InChI=1S/C35H41FN10O/c1-4-25-15-26(5-6-27(25)35(47)40-18-23-9-12-45(13-10-23)20-24-16-37-17-24)41-33-34-39-19-30(46(34)14-11-38-33)28-7-8-29(42-32(28)36)31-21(2)43-44-22(31)3/h5-8,11,14-15,19,23-24,37H,4,9-10,12-13,16-18,20H2,1-3H3,(H,38,41)(H,40,47)(H,43,44). The number of nitrogens with one attached hydrogen (secondary N) is 4. The van der Waals surface area contributed by atoms with Gasteiger partial charge >= 0.3 is 0 Å². The Kier molecular flexibility index (Phi) is 8.70. The third-order valence-electron chi connectivity index (χ3n) is 9.57. The van der Waals surface area contributed by atoms with Gasteiger partial charge in [0.05, 0.1) is 28.8 Å². The molecule has 0 spiro atoms. The van der Waals surface area contributed by atoms with Crippen LogP contribution in [-0.4, -0.2) is 79.6 Å². The van der Waals surface area contributed by atoms with E-state index in [4.69, 9.17) is 0 Å². The van der Waals surface area contributed by atoms with E-state index in [-0.39, 0.29) is 5.91 Å². The van der Waals surface area contributed by atoms with E-state index in [0.29, 0.717) is 52.9 Å². The molecule has 0 bridgehead atoms. The SMILES string of the molecule is CCc1cc(Nc2nccn3c(-c4ccc(-c5c(C)n[nH]c5C)nc4F)cnc23)ccc1C(=O)NCC1CCN(CC2CNC2)CC1. The Hall–Kier alpha value is -4.68. The van der Waals surface area contributed by atoms with E-state index in [1.807, 2.05) is 39.0 Å². The number of halogens is 1. The second kappa shape index (κ2) is 13.2. The molecule has 1 amide bonds. The summed E-state index contributed by atoms with van der Waals surface area (Å²) in [7, 11) is 0. The molecule has 2 fully saturated rings. The number of aromatic amines is 1. The fraction of sp³-hybridized carbons (Fsp3) is 0.400. The molecule has 0 atom stereocenters. The molecule has 0 unspecified atom stereocenters. The number of hydrogen-bond donors (Lipinski definition) is 4. The zero-order valence-electron chi connectivity index (χ0n) is 27.1. The second-order valence-corrected chi connectivity index (χ2v) is 12.8. The maximum atomic E-state index is 15.4. The van der Waals surface area contributed by atoms with Gasteiger partial charge in [-0.2, -0.15) is 9.49 Å². The van der Waals surface area contributed by atoms with Crippen molar-refractivity contribution in [1.82, 2.24) is 45.1 Å². The largest absolute Gasteiger partial charge is 0.352 e. The molecular weight excluding hydrogens is 595 g/mol. The monoisotopic (exact) mass is 636 g/mol. The summed E-state index contributed by atoms with van der Waals surface area (Å²) in [5.74, 6) is 1.20. The number of amides is 1. The molecule has 5 aromatic rings. The number of benzene rings is 1. The molecule has 0 aliphatic carbocycles. The third kappa shape index (κ3) is 6.35. The lowest BCUT2D eigenvalue weighted by molar-refractivity contribution is 0.0929. The highest BCUT2D eigenvalue weighted by Crippen LogP contribution is 2.30. The number of carbonyl (C=O) groups excluding carboxylic acids is 1. The third-order valence-corrected chi connectivity index (χ3v) is 9.57. The Balaban J connectivity index is 1.03. The Morgan fingerprint density at radius 1 is 1.09 bits per heavy atom. The first-order valence-electron chi connectivity index (χ1n) is 16.5. The molecule has 11 nitrogen and oxygen atoms in total. The van der Waals surface area contributed by atoms with Crippen LogP contribution in [0.25, 0.3) is 28.2 Å². The summed E-state index contributed by atoms with van der Waals surface area (Å²) in [4.78, 5) is 29.2. The van der Waals surface area contributed by atoms with Crippen LogP contribution in [0.15, 0.2) is 48.9 Å². The summed E-state index contributed by atoms with van der Waals surface area (Å²) in [5, 5.41) is 17.0. The van der Waals surface area contributed by atoms with Gasteiger partial charge in [0, 0.05) is 61.1 Å². The van der Waals surface area contributed by atoms with Gasteiger partial charge in [0.25, 0.3) is 5.91 Å². The van der Waals surface area contributed by atoms with Gasteiger partial charge in [-0.1, -0.05) is 6.92 Å². The number of aryl methyl sites for hydroxylation is 3. The molecule has 12 heteroatoms. The van der Waals surface area contributed by atoms with Crippen molar-refractivity contribution in [1.29, 1.82) is 0 Å². The number of H-pyrrole nitrogens is 1. The minimum absolute atomic E-state index is 0.0331. The van der Waals surface area contributed by atoms with Crippen LogP contribution in [0.5, 0.6) is 0 Å². The van der Waals surface area contributed by atoms with Crippen molar-refractivity contribution in [2.75, 3.05) is 44.6 Å². The van der Waals surface area contributed by atoms with Gasteiger partial charge in [-0.15, -0.1) is 0 Å². The van der Waals surface area contributed by atoms with Crippen LogP contribution in [0.2, 0.25) is 0 Å². The highest BCUT2D eigenvalue weighted by atomic mass is 19.1. The van der Waals surface area contributed by atoms with E-state index < -0.39 is 5.95 Å². The molecule has 4 aromatic heterocycles. The molecule has 0 saturated carbocycles. The van der Waals surface area contributed by atoms with Crippen molar-refractivity contribution in [2.45, 2.75) is 40.0 Å². The van der Waals surface area contributed by atoms with E-state index >= 15 is 4.39 Å². The number of nitrogens with zero attached hydrogens (tertiary/aromatic N) is 6. The molecule has 2 saturated heterocycles. The first-order valence-corrected chi connectivity index (χ1v) is 16.5. The number of likely N-dealkylation sites (tertiary alicyclic amines) is 1. The van der Waals surface area contributed by atoms with Crippen molar-refractivity contribution in [3.05, 3.63) is 77.4 Å². The van der Waals surface area contributed by atoms with E-state index in [2.05, 4.69) is 46.0 Å². The zero-order valence-corrected chi connectivity index (χ0v) is 27.1. The van der Waals surface area contributed by atoms with Crippen LogP contribution in [0.4, 0.5) is 15.9 Å². The Labute approximate surface area is 273 Å². The first-order chi connectivity index (χ1) is 22.9. The van der Waals surface area contributed by atoms with Crippen LogP contribution in [0.3, 0.4) is 0 Å². The van der Waals surface area contributed by atoms with Crippen molar-refractivity contribution < 1.29 is 9.18 Å². The Morgan fingerprint density at radius 3 is 2.62 bits per heavy atom. The van der Waals surface area contributed by atoms with Crippen molar-refractivity contribution in [2.24, 2.45) is 11.8 Å². The number of hydrogen-bond acceptors (Lipinski definition) is 8. The predicted octanol–water partition coefficient (Wildman–Crippen LogP) is 4.90. The zero-order chi connectivity index (χ0) is 32.5. The van der Waals surface area contributed by atoms with Crippen molar-refractivity contribution in [3.63, 3.8) is 0 Å². The highest BCUT2D eigenvalue weighted by Gasteiger charge is 2.25. The minimum Gasteiger partial charge on any atom is -0.352 e. The lowest BCUT2D eigenvalue weighted by Gasteiger charge is -2.37. The van der Waals surface area contributed by atoms with E-state index in [1.165, 1.54) is 6.54 Å². The van der Waals surface area contributed by atoms with Gasteiger partial charge < -0.3 is 20.9 Å². The number of fused-ring (bicyclic) bond motifs is 1. The molecule has 244 valence electrons. The fourth-order valence-electron chi connectivity index (χ4n) is 6.77. The molecule has 6 heterocycles. The van der Waals surface area contributed by atoms with Gasteiger partial charge in [-0.25, -0.2) is 15.0 Å². The number of aromatic nitrogens is 6. The molecule has 1 aromatic carbocycles. The predicted molar refractivity (Wildman–Crippen MR) is 180 cm³/mol. The summed E-state index contributed by atoms with van der Waals surface area (Å²) in [6.07, 6.45) is 7.97. The summed E-state index contributed by atoms with van der Waals surface area (Å²) in [6.45, 7) is 12.2. The lowest BCUT2D eigenvalue weighted by Crippen LogP contribution is -2.50.